The summed E-state index contributed by atoms with van der Waals surface area (Å²) in [6, 6.07) is 2.33. The van der Waals surface area contributed by atoms with E-state index in [0.29, 0.717) is 0 Å². The van der Waals surface area contributed by atoms with Crippen LogP contribution in [0.5, 0.6) is 0 Å². The fourth-order valence-electron chi connectivity index (χ4n) is 1.20. The number of carbonyl (C=O) groups excluding carboxylic acids is 1. The lowest BCUT2D eigenvalue weighted by Gasteiger charge is -2.16. The highest BCUT2D eigenvalue weighted by Crippen LogP contribution is 2.18. The molecule has 0 fully saturated rings. The number of benzene rings is 1. The van der Waals surface area contributed by atoms with Crippen LogP contribution in [0.15, 0.2) is 41.4 Å². The van der Waals surface area contributed by atoms with E-state index >= 15 is 0 Å². The Bertz CT molecular complexity index is 490. The minimum Gasteiger partial charge on any atom is -0.304 e. The predicted molar refractivity (Wildman–Crippen MR) is 63.1 cm³/mol. The Balaban J connectivity index is 2.12. The molecular weight excluding hydrogens is 246 g/mol. The standard InChI is InChI=1S/C11H8F2N2OS/c12-8-1-2-9(13)10(7-8)14-11(16)15-3-5-17-6-4-15/h1-7H,(H,14,16). The summed E-state index contributed by atoms with van der Waals surface area (Å²) in [5, 5.41) is 5.67. The molecule has 0 aromatic heterocycles. The Hall–Kier alpha value is -1.82. The number of hydrogen-bond acceptors (Lipinski definition) is 2. The van der Waals surface area contributed by atoms with Gasteiger partial charge in [0.1, 0.15) is 11.6 Å². The van der Waals surface area contributed by atoms with Gasteiger partial charge < -0.3 is 5.32 Å². The Labute approximate surface area is 101 Å². The van der Waals surface area contributed by atoms with Crippen molar-refractivity contribution < 1.29 is 13.6 Å². The average Bonchev–Trinajstić information content (AvgIpc) is 2.35. The lowest BCUT2D eigenvalue weighted by molar-refractivity contribution is 0.239. The van der Waals surface area contributed by atoms with Crippen LogP contribution in [0, 0.1) is 11.6 Å². The minimum atomic E-state index is -0.681. The van der Waals surface area contributed by atoms with Crippen LogP contribution in [-0.4, -0.2) is 10.9 Å². The summed E-state index contributed by atoms with van der Waals surface area (Å²) < 4.78 is 26.1. The minimum absolute atomic E-state index is 0.185. The molecule has 0 saturated heterocycles. The van der Waals surface area contributed by atoms with Crippen molar-refractivity contribution in [3.05, 3.63) is 53.0 Å². The van der Waals surface area contributed by atoms with Crippen LogP contribution in [0.1, 0.15) is 0 Å². The fourth-order valence-corrected chi connectivity index (χ4v) is 1.70. The van der Waals surface area contributed by atoms with E-state index < -0.39 is 17.7 Å². The number of amides is 2. The van der Waals surface area contributed by atoms with Crippen molar-refractivity contribution in [3.63, 3.8) is 0 Å². The average molecular weight is 254 g/mol. The number of urea groups is 1. The number of nitrogens with zero attached hydrogens (tertiary/aromatic N) is 1. The lowest BCUT2D eigenvalue weighted by atomic mass is 10.3. The number of thioether (sulfide) groups is 1. The monoisotopic (exact) mass is 254 g/mol. The van der Waals surface area contributed by atoms with Crippen LogP contribution in [-0.2, 0) is 0 Å². The molecule has 1 heterocycles. The molecule has 0 atom stereocenters. The van der Waals surface area contributed by atoms with Crippen molar-refractivity contribution in [2.45, 2.75) is 0 Å². The number of hydrogen-bond donors (Lipinski definition) is 1. The number of anilines is 1. The predicted octanol–water partition coefficient (Wildman–Crippen LogP) is 3.49. The quantitative estimate of drug-likeness (QED) is 0.832. The van der Waals surface area contributed by atoms with Gasteiger partial charge in [0.15, 0.2) is 0 Å². The highest BCUT2D eigenvalue weighted by atomic mass is 32.2. The van der Waals surface area contributed by atoms with E-state index in [1.54, 1.807) is 10.8 Å². The van der Waals surface area contributed by atoms with Gasteiger partial charge in [-0.2, -0.15) is 0 Å². The smallest absolute Gasteiger partial charge is 0.304 e. The van der Waals surface area contributed by atoms with E-state index in [2.05, 4.69) is 5.32 Å². The molecule has 1 N–H and O–H groups in total. The van der Waals surface area contributed by atoms with Gasteiger partial charge in [0.2, 0.25) is 0 Å². The molecule has 0 unspecified atom stereocenters. The summed E-state index contributed by atoms with van der Waals surface area (Å²) in [4.78, 5) is 12.9. The van der Waals surface area contributed by atoms with Gasteiger partial charge in [-0.1, -0.05) is 0 Å². The first kappa shape index (κ1) is 11.7. The molecule has 1 aliphatic heterocycles. The van der Waals surface area contributed by atoms with Crippen LogP contribution in [0.2, 0.25) is 0 Å². The Morgan fingerprint density at radius 1 is 1.24 bits per heavy atom. The zero-order chi connectivity index (χ0) is 12.3. The van der Waals surface area contributed by atoms with E-state index in [1.807, 2.05) is 0 Å². The fraction of sp³-hybridized carbons (Fsp3) is 0. The zero-order valence-corrected chi connectivity index (χ0v) is 9.38. The van der Waals surface area contributed by atoms with E-state index in [0.717, 1.165) is 18.2 Å². The zero-order valence-electron chi connectivity index (χ0n) is 8.56. The molecule has 88 valence electrons. The maximum Gasteiger partial charge on any atom is 0.330 e. The van der Waals surface area contributed by atoms with Crippen LogP contribution in [0.25, 0.3) is 0 Å². The van der Waals surface area contributed by atoms with Crippen molar-refractivity contribution in [1.82, 2.24) is 4.90 Å². The number of halogens is 2. The van der Waals surface area contributed by atoms with Crippen LogP contribution in [0.4, 0.5) is 19.3 Å². The summed E-state index contributed by atoms with van der Waals surface area (Å²) in [6.07, 6.45) is 3.05. The maximum atomic E-state index is 13.3. The van der Waals surface area contributed by atoms with Crippen molar-refractivity contribution in [2.75, 3.05) is 5.32 Å². The third-order valence-electron chi connectivity index (χ3n) is 2.00. The molecule has 3 nitrogen and oxygen atoms in total. The topological polar surface area (TPSA) is 32.3 Å². The van der Waals surface area contributed by atoms with Crippen LogP contribution in [0.3, 0.4) is 0 Å². The molecule has 0 radical (unpaired) electrons. The molecule has 1 aromatic rings. The van der Waals surface area contributed by atoms with Crippen LogP contribution >= 0.6 is 11.8 Å². The number of rotatable bonds is 1. The summed E-state index contributed by atoms with van der Waals surface area (Å²) in [7, 11) is 0. The normalized spacial score (nSPS) is 13.9. The second kappa shape index (κ2) is 5.01. The molecular formula is C11H8F2N2OS. The molecule has 1 aromatic carbocycles. The van der Waals surface area contributed by atoms with E-state index in [9.17, 15) is 13.6 Å². The van der Waals surface area contributed by atoms with Crippen molar-refractivity contribution in [2.24, 2.45) is 0 Å². The van der Waals surface area contributed by atoms with Gasteiger partial charge in [-0.05, 0) is 22.9 Å². The van der Waals surface area contributed by atoms with E-state index in [1.165, 1.54) is 29.1 Å². The summed E-state index contributed by atoms with van der Waals surface area (Å²) in [5.41, 5.74) is -0.185. The lowest BCUT2D eigenvalue weighted by Crippen LogP contribution is -2.26. The first-order valence-corrected chi connectivity index (χ1v) is 5.64. The first-order chi connectivity index (χ1) is 8.16. The maximum absolute atomic E-state index is 13.3. The molecule has 1 aliphatic rings. The number of nitrogens with one attached hydrogen (secondary N) is 1. The van der Waals surface area contributed by atoms with Gasteiger partial charge in [0.25, 0.3) is 0 Å². The molecule has 2 rings (SSSR count). The Kier molecular flexibility index (Phi) is 3.43. The van der Waals surface area contributed by atoms with Crippen LogP contribution < -0.4 is 5.32 Å². The van der Waals surface area contributed by atoms with E-state index in [-0.39, 0.29) is 5.69 Å². The third-order valence-corrected chi connectivity index (χ3v) is 2.56. The van der Waals surface area contributed by atoms with Crippen molar-refractivity contribution in [3.8, 4) is 0 Å². The third kappa shape index (κ3) is 2.85. The second-order valence-corrected chi connectivity index (χ2v) is 3.98. The van der Waals surface area contributed by atoms with Gasteiger partial charge in [-0.15, -0.1) is 11.8 Å². The molecule has 0 spiro atoms. The van der Waals surface area contributed by atoms with Gasteiger partial charge in [-0.3, -0.25) is 4.90 Å². The van der Waals surface area contributed by atoms with Crippen molar-refractivity contribution in [1.29, 1.82) is 0 Å². The molecule has 6 heteroatoms. The SMILES string of the molecule is O=C(Nc1cc(F)ccc1F)N1C=CSC=C1. The van der Waals surface area contributed by atoms with Gasteiger partial charge >= 0.3 is 6.03 Å². The molecule has 2 amide bonds. The molecule has 17 heavy (non-hydrogen) atoms. The molecule has 0 bridgehead atoms. The highest BCUT2D eigenvalue weighted by Gasteiger charge is 2.12. The van der Waals surface area contributed by atoms with Gasteiger partial charge in [0.05, 0.1) is 5.69 Å². The van der Waals surface area contributed by atoms with Crippen molar-refractivity contribution >= 4 is 23.5 Å². The summed E-state index contributed by atoms with van der Waals surface area (Å²) >= 11 is 1.41. The highest BCUT2D eigenvalue weighted by molar-refractivity contribution is 8.04. The van der Waals surface area contributed by atoms with E-state index in [4.69, 9.17) is 0 Å². The molecule has 0 aliphatic carbocycles. The van der Waals surface area contributed by atoms with Gasteiger partial charge in [0, 0.05) is 18.5 Å². The second-order valence-electron chi connectivity index (χ2n) is 3.17. The summed E-state index contributed by atoms with van der Waals surface area (Å²) in [6.45, 7) is 0. The molecule has 0 saturated carbocycles. The Morgan fingerprint density at radius 2 is 1.94 bits per heavy atom. The number of carbonyl (C=O) groups is 1. The Morgan fingerprint density at radius 3 is 2.65 bits per heavy atom. The largest absolute Gasteiger partial charge is 0.330 e. The summed E-state index contributed by atoms with van der Waals surface area (Å²) in [5.74, 6) is -1.29. The first-order valence-electron chi connectivity index (χ1n) is 4.70. The van der Waals surface area contributed by atoms with Gasteiger partial charge in [-0.25, -0.2) is 13.6 Å².